The Labute approximate surface area is 290 Å². The van der Waals surface area contributed by atoms with Crippen molar-refractivity contribution in [3.05, 3.63) is 188 Å². The first-order valence-electron chi connectivity index (χ1n) is 17.1. The van der Waals surface area contributed by atoms with Crippen molar-refractivity contribution in [2.24, 2.45) is 0 Å². The fourth-order valence-electron chi connectivity index (χ4n) is 7.74. The molecule has 0 aliphatic heterocycles. The molecule has 0 amide bonds. The van der Waals surface area contributed by atoms with E-state index in [1.54, 1.807) is 0 Å². The molecule has 0 N–H and O–H groups in total. The van der Waals surface area contributed by atoms with Crippen LogP contribution in [0.25, 0.3) is 76.5 Å². The SMILES string of the molecule is c1ccc(N(c2ccccc2-c2cc3ccccc3c3ccccc23)c2cccc3c2oc2ccccc23)c(-c2ccc3ccccc3c2)c1. The minimum atomic E-state index is 0.861. The van der Waals surface area contributed by atoms with Crippen LogP contribution in [0.3, 0.4) is 0 Å². The molecule has 0 aliphatic rings. The van der Waals surface area contributed by atoms with E-state index in [2.05, 4.69) is 187 Å². The highest BCUT2D eigenvalue weighted by atomic mass is 16.3. The summed E-state index contributed by atoms with van der Waals surface area (Å²) in [6.07, 6.45) is 0. The third kappa shape index (κ3) is 4.50. The topological polar surface area (TPSA) is 16.4 Å². The number of para-hydroxylation sites is 4. The molecule has 9 aromatic carbocycles. The van der Waals surface area contributed by atoms with Gasteiger partial charge in [-0.2, -0.15) is 0 Å². The van der Waals surface area contributed by atoms with E-state index in [1.807, 2.05) is 6.07 Å². The average molecular weight is 638 g/mol. The Morgan fingerprint density at radius 1 is 0.320 bits per heavy atom. The van der Waals surface area contributed by atoms with Crippen LogP contribution in [-0.2, 0) is 0 Å². The highest BCUT2D eigenvalue weighted by Gasteiger charge is 2.25. The van der Waals surface area contributed by atoms with Gasteiger partial charge in [-0.1, -0.05) is 152 Å². The number of nitrogens with zero attached hydrogens (tertiary/aromatic N) is 1. The molecule has 10 aromatic rings. The maximum absolute atomic E-state index is 6.74. The maximum atomic E-state index is 6.74. The monoisotopic (exact) mass is 637 g/mol. The Morgan fingerprint density at radius 3 is 1.74 bits per heavy atom. The standard InChI is InChI=1S/C48H31NO/c1-2-15-33-30-35(29-28-32(33)14-1)37-18-7-10-24-44(37)49(46-26-13-23-42-41-22-9-12-27-47(41)50-48(42)46)45-25-11-8-21-40(45)43-31-34-16-3-4-17-36(34)38-19-5-6-20-39(38)43/h1-31H. The zero-order chi connectivity index (χ0) is 33.0. The molecule has 234 valence electrons. The number of fused-ring (bicyclic) bond motifs is 7. The molecule has 0 spiro atoms. The Balaban J connectivity index is 1.30. The van der Waals surface area contributed by atoms with E-state index in [9.17, 15) is 0 Å². The van der Waals surface area contributed by atoms with Crippen LogP contribution in [0.5, 0.6) is 0 Å². The number of anilines is 3. The van der Waals surface area contributed by atoms with Gasteiger partial charge in [-0.05, 0) is 79.8 Å². The summed E-state index contributed by atoms with van der Waals surface area (Å²) in [5, 5.41) is 9.61. The van der Waals surface area contributed by atoms with Crippen molar-refractivity contribution in [3.8, 4) is 22.3 Å². The van der Waals surface area contributed by atoms with Gasteiger partial charge in [0.1, 0.15) is 5.58 Å². The van der Waals surface area contributed by atoms with Gasteiger partial charge in [0.25, 0.3) is 0 Å². The fraction of sp³-hybridized carbons (Fsp3) is 0. The van der Waals surface area contributed by atoms with Crippen LogP contribution in [-0.4, -0.2) is 0 Å². The number of benzene rings is 9. The highest BCUT2D eigenvalue weighted by molar-refractivity contribution is 6.16. The summed E-state index contributed by atoms with van der Waals surface area (Å²) in [4.78, 5) is 2.41. The summed E-state index contributed by atoms with van der Waals surface area (Å²) in [5.74, 6) is 0. The molecule has 0 saturated heterocycles. The van der Waals surface area contributed by atoms with Crippen LogP contribution >= 0.6 is 0 Å². The van der Waals surface area contributed by atoms with E-state index in [1.165, 1.54) is 37.9 Å². The van der Waals surface area contributed by atoms with E-state index in [0.29, 0.717) is 0 Å². The number of hydrogen-bond acceptors (Lipinski definition) is 2. The molecule has 0 unspecified atom stereocenters. The lowest BCUT2D eigenvalue weighted by atomic mass is 9.91. The van der Waals surface area contributed by atoms with E-state index in [0.717, 1.165) is 55.7 Å². The molecule has 0 bridgehead atoms. The Bertz CT molecular complexity index is 2900. The van der Waals surface area contributed by atoms with Gasteiger partial charge >= 0.3 is 0 Å². The first-order chi connectivity index (χ1) is 24.8. The number of furan rings is 1. The van der Waals surface area contributed by atoms with Crippen LogP contribution in [0, 0.1) is 0 Å². The Hall–Kier alpha value is -6.64. The summed E-state index contributed by atoms with van der Waals surface area (Å²) in [7, 11) is 0. The van der Waals surface area contributed by atoms with Gasteiger partial charge < -0.3 is 9.32 Å². The smallest absolute Gasteiger partial charge is 0.159 e. The maximum Gasteiger partial charge on any atom is 0.159 e. The fourth-order valence-corrected chi connectivity index (χ4v) is 7.74. The first kappa shape index (κ1) is 28.4. The van der Waals surface area contributed by atoms with E-state index in [4.69, 9.17) is 4.42 Å². The van der Waals surface area contributed by atoms with Gasteiger partial charge in [-0.15, -0.1) is 0 Å². The second-order valence-corrected chi connectivity index (χ2v) is 12.9. The third-order valence-corrected chi connectivity index (χ3v) is 10.0. The summed E-state index contributed by atoms with van der Waals surface area (Å²) in [6, 6.07) is 67.5. The molecular formula is C48H31NO. The zero-order valence-corrected chi connectivity index (χ0v) is 27.3. The van der Waals surface area contributed by atoms with Crippen molar-refractivity contribution in [2.45, 2.75) is 0 Å². The molecule has 1 aromatic heterocycles. The molecule has 1 heterocycles. The van der Waals surface area contributed by atoms with Gasteiger partial charge in [-0.3, -0.25) is 0 Å². The van der Waals surface area contributed by atoms with Crippen molar-refractivity contribution in [1.82, 2.24) is 0 Å². The minimum absolute atomic E-state index is 0.861. The Kier molecular flexibility index (Phi) is 6.53. The number of rotatable bonds is 5. The molecule has 0 atom stereocenters. The molecule has 0 radical (unpaired) electrons. The molecule has 10 rings (SSSR count). The molecule has 0 saturated carbocycles. The summed E-state index contributed by atoms with van der Waals surface area (Å²) >= 11 is 0. The van der Waals surface area contributed by atoms with Crippen molar-refractivity contribution in [3.63, 3.8) is 0 Å². The van der Waals surface area contributed by atoms with Gasteiger partial charge in [0.05, 0.1) is 17.1 Å². The molecule has 0 aliphatic carbocycles. The average Bonchev–Trinajstić information content (AvgIpc) is 3.58. The van der Waals surface area contributed by atoms with Gasteiger partial charge in [0, 0.05) is 21.9 Å². The predicted octanol–water partition coefficient (Wildman–Crippen LogP) is 13.8. The minimum Gasteiger partial charge on any atom is -0.454 e. The quantitative estimate of drug-likeness (QED) is 0.175. The third-order valence-electron chi connectivity index (χ3n) is 10.0. The molecule has 2 heteroatoms. The van der Waals surface area contributed by atoms with Crippen molar-refractivity contribution >= 4 is 71.3 Å². The van der Waals surface area contributed by atoms with E-state index < -0.39 is 0 Å². The lowest BCUT2D eigenvalue weighted by molar-refractivity contribution is 0.669. The summed E-state index contributed by atoms with van der Waals surface area (Å²) in [6.45, 7) is 0. The largest absolute Gasteiger partial charge is 0.454 e. The Morgan fingerprint density at radius 2 is 0.900 bits per heavy atom. The first-order valence-corrected chi connectivity index (χ1v) is 17.1. The van der Waals surface area contributed by atoms with E-state index in [-0.39, 0.29) is 0 Å². The van der Waals surface area contributed by atoms with Crippen LogP contribution in [0.2, 0.25) is 0 Å². The van der Waals surface area contributed by atoms with Crippen molar-refractivity contribution < 1.29 is 4.42 Å². The van der Waals surface area contributed by atoms with Gasteiger partial charge in [-0.25, -0.2) is 0 Å². The lowest BCUT2D eigenvalue weighted by Gasteiger charge is -2.30. The number of hydrogen-bond donors (Lipinski definition) is 0. The van der Waals surface area contributed by atoms with E-state index >= 15 is 0 Å². The molecule has 0 fully saturated rings. The highest BCUT2D eigenvalue weighted by Crippen LogP contribution is 2.49. The van der Waals surface area contributed by atoms with Crippen molar-refractivity contribution in [2.75, 3.05) is 4.90 Å². The second kappa shape index (κ2) is 11.5. The molecule has 2 nitrogen and oxygen atoms in total. The molecule has 50 heavy (non-hydrogen) atoms. The van der Waals surface area contributed by atoms with Crippen LogP contribution in [0.1, 0.15) is 0 Å². The van der Waals surface area contributed by atoms with Gasteiger partial charge in [0.15, 0.2) is 5.58 Å². The zero-order valence-electron chi connectivity index (χ0n) is 27.3. The van der Waals surface area contributed by atoms with Crippen LogP contribution in [0.4, 0.5) is 17.1 Å². The summed E-state index contributed by atoms with van der Waals surface area (Å²) < 4.78 is 6.74. The normalized spacial score (nSPS) is 11.6. The van der Waals surface area contributed by atoms with Crippen molar-refractivity contribution in [1.29, 1.82) is 0 Å². The molecular weight excluding hydrogens is 607 g/mol. The van der Waals surface area contributed by atoms with Crippen LogP contribution in [0.15, 0.2) is 192 Å². The second-order valence-electron chi connectivity index (χ2n) is 12.9. The van der Waals surface area contributed by atoms with Gasteiger partial charge in [0.2, 0.25) is 0 Å². The lowest BCUT2D eigenvalue weighted by Crippen LogP contribution is -2.12. The predicted molar refractivity (Wildman–Crippen MR) is 212 cm³/mol. The summed E-state index contributed by atoms with van der Waals surface area (Å²) in [5.41, 5.74) is 9.54. The van der Waals surface area contributed by atoms with Crippen LogP contribution < -0.4 is 4.90 Å².